The number of carbonyl (C=O) groups is 2. The summed E-state index contributed by atoms with van der Waals surface area (Å²) >= 11 is 1.24. The molecular weight excluding hydrogens is 608 g/mol. The minimum absolute atomic E-state index is 0.0986. The number of fused-ring (bicyclic) bond motifs is 2. The molecule has 1 N–H and O–H groups in total. The molecule has 0 unspecified atom stereocenters. The van der Waals surface area contributed by atoms with E-state index in [1.165, 1.54) is 23.3 Å². The van der Waals surface area contributed by atoms with E-state index in [1.54, 1.807) is 55.6 Å². The third kappa shape index (κ3) is 5.24. The van der Waals surface area contributed by atoms with Crippen LogP contribution in [0.5, 0.6) is 28.7 Å². The number of methoxy groups -OCH3 is 2. The Morgan fingerprint density at radius 2 is 1.72 bits per heavy atom. The highest BCUT2D eigenvalue weighted by Crippen LogP contribution is 2.46. The van der Waals surface area contributed by atoms with Gasteiger partial charge in [-0.15, -0.1) is 0 Å². The summed E-state index contributed by atoms with van der Waals surface area (Å²) in [5.74, 6) is 0.447. The summed E-state index contributed by atoms with van der Waals surface area (Å²) < 4.78 is 29.2. The van der Waals surface area contributed by atoms with Gasteiger partial charge in [-0.05, 0) is 59.7 Å². The predicted octanol–water partition coefficient (Wildman–Crippen LogP) is 6.29. The van der Waals surface area contributed by atoms with E-state index in [2.05, 4.69) is 0 Å². The van der Waals surface area contributed by atoms with Crippen LogP contribution in [0.25, 0.3) is 16.0 Å². The first-order valence-electron chi connectivity index (χ1n) is 14.5. The number of benzene rings is 4. The zero-order chi connectivity index (χ0) is 31.8. The van der Waals surface area contributed by atoms with Crippen LogP contribution in [0.3, 0.4) is 0 Å². The molecule has 5 aromatic rings. The Kier molecular flexibility index (Phi) is 7.67. The van der Waals surface area contributed by atoms with E-state index < -0.39 is 17.7 Å². The van der Waals surface area contributed by atoms with E-state index in [-0.39, 0.29) is 11.3 Å². The second-order valence-electron chi connectivity index (χ2n) is 10.5. The summed E-state index contributed by atoms with van der Waals surface area (Å²) in [6.07, 6.45) is 0. The molecule has 2 aliphatic heterocycles. The molecule has 46 heavy (non-hydrogen) atoms. The molecule has 7 rings (SSSR count). The van der Waals surface area contributed by atoms with Crippen LogP contribution in [-0.4, -0.2) is 49.2 Å². The predicted molar refractivity (Wildman–Crippen MR) is 172 cm³/mol. The molecule has 1 fully saturated rings. The fraction of sp³-hybridized carbons (Fsp3) is 0.171. The molecule has 0 saturated carbocycles. The number of amides is 1. The van der Waals surface area contributed by atoms with Gasteiger partial charge in [0.15, 0.2) is 28.1 Å². The molecule has 1 saturated heterocycles. The third-order valence-electron chi connectivity index (χ3n) is 7.79. The lowest BCUT2D eigenvalue weighted by atomic mass is 9.95. The van der Waals surface area contributed by atoms with Gasteiger partial charge < -0.3 is 28.8 Å². The summed E-state index contributed by atoms with van der Waals surface area (Å²) in [5.41, 5.74) is 2.33. The van der Waals surface area contributed by atoms with Crippen molar-refractivity contribution in [3.05, 3.63) is 107 Å². The molecule has 0 radical (unpaired) electrons. The average molecular weight is 637 g/mol. The van der Waals surface area contributed by atoms with Gasteiger partial charge in [-0.3, -0.25) is 14.5 Å². The monoisotopic (exact) mass is 636 g/mol. The molecule has 0 bridgehead atoms. The number of anilines is 1. The Bertz CT molecular complexity index is 2010. The molecule has 4 aromatic carbocycles. The first-order valence-corrected chi connectivity index (χ1v) is 15.3. The lowest BCUT2D eigenvalue weighted by Gasteiger charge is -2.24. The molecule has 10 nitrogen and oxygen atoms in total. The summed E-state index contributed by atoms with van der Waals surface area (Å²) in [5, 5.41) is 12.0. The number of aromatic nitrogens is 1. The quantitative estimate of drug-likeness (QED) is 0.119. The first-order chi connectivity index (χ1) is 22.4. The van der Waals surface area contributed by atoms with Crippen molar-refractivity contribution < 1.29 is 38.4 Å². The smallest absolute Gasteiger partial charge is 0.301 e. The highest BCUT2D eigenvalue weighted by molar-refractivity contribution is 7.22. The van der Waals surface area contributed by atoms with Gasteiger partial charge >= 0.3 is 5.91 Å². The van der Waals surface area contributed by atoms with Crippen LogP contribution >= 0.6 is 11.3 Å². The zero-order valence-electron chi connectivity index (χ0n) is 24.9. The number of nitrogens with zero attached hydrogens (tertiary/aromatic N) is 2. The van der Waals surface area contributed by atoms with Crippen molar-refractivity contribution in [3.63, 3.8) is 0 Å². The SMILES string of the molecule is COc1ccc2nc(N3C(=O)C(=O)/C(=C(/O)c4ccc5c(c4)OCCO5)[C@H]3c3ccc(OCc4ccccc4)c(OC)c3)sc2c1. The molecule has 232 valence electrons. The molecular formula is C35H28N2O8S. The van der Waals surface area contributed by atoms with Gasteiger partial charge in [0.1, 0.15) is 31.3 Å². The van der Waals surface area contributed by atoms with Crippen molar-refractivity contribution in [2.24, 2.45) is 0 Å². The maximum atomic E-state index is 13.8. The minimum Gasteiger partial charge on any atom is -0.507 e. The average Bonchev–Trinajstić information content (AvgIpc) is 3.64. The Morgan fingerprint density at radius 1 is 0.913 bits per heavy atom. The lowest BCUT2D eigenvalue weighted by molar-refractivity contribution is -0.132. The van der Waals surface area contributed by atoms with Gasteiger partial charge in [0.2, 0.25) is 0 Å². The molecule has 1 atom stereocenters. The van der Waals surface area contributed by atoms with E-state index in [0.29, 0.717) is 70.3 Å². The Morgan fingerprint density at radius 3 is 2.50 bits per heavy atom. The fourth-order valence-corrected chi connectivity index (χ4v) is 6.54. The number of thiazole rings is 1. The van der Waals surface area contributed by atoms with E-state index in [4.69, 9.17) is 28.7 Å². The highest BCUT2D eigenvalue weighted by atomic mass is 32.1. The van der Waals surface area contributed by atoms with Gasteiger partial charge in [-0.25, -0.2) is 4.98 Å². The largest absolute Gasteiger partial charge is 0.507 e. The number of aliphatic hydroxyl groups is 1. The Balaban J connectivity index is 1.35. The number of ketones is 1. The molecule has 1 aromatic heterocycles. The van der Waals surface area contributed by atoms with Crippen LogP contribution in [0.4, 0.5) is 5.13 Å². The van der Waals surface area contributed by atoms with E-state index in [0.717, 1.165) is 10.3 Å². The van der Waals surface area contributed by atoms with Gasteiger partial charge in [0.05, 0.1) is 36.1 Å². The van der Waals surface area contributed by atoms with Crippen molar-refractivity contribution in [1.82, 2.24) is 4.98 Å². The second-order valence-corrected chi connectivity index (χ2v) is 11.6. The standard InChI is InChI=1S/C35H28N2O8S/c1-41-23-10-11-24-29(18-23)46-35(36-24)37-31(21-8-12-25(27(16-21)42-2)45-19-20-6-4-3-5-7-20)30(33(39)34(37)40)32(38)22-9-13-26-28(17-22)44-15-14-43-26/h3-13,16-18,31,38H,14-15,19H2,1-2H3/b32-30+/t31-/m1/s1. The van der Waals surface area contributed by atoms with Crippen molar-refractivity contribution >= 4 is 44.1 Å². The summed E-state index contributed by atoms with van der Waals surface area (Å²) in [4.78, 5) is 33.6. The topological polar surface area (TPSA) is 117 Å². The molecule has 3 heterocycles. The number of Topliss-reactive ketones (excluding diaryl/α,β-unsaturated/α-hetero) is 1. The summed E-state index contributed by atoms with van der Waals surface area (Å²) in [6.45, 7) is 1.07. The lowest BCUT2D eigenvalue weighted by Crippen LogP contribution is -2.29. The molecule has 2 aliphatic rings. The van der Waals surface area contributed by atoms with Crippen molar-refractivity contribution in [1.29, 1.82) is 0 Å². The van der Waals surface area contributed by atoms with Crippen LogP contribution < -0.4 is 28.6 Å². The van der Waals surface area contributed by atoms with Gasteiger partial charge in [0, 0.05) is 5.56 Å². The normalized spacial score (nSPS) is 16.9. The van der Waals surface area contributed by atoms with Crippen LogP contribution in [-0.2, 0) is 16.2 Å². The number of hydrogen-bond acceptors (Lipinski definition) is 10. The fourth-order valence-electron chi connectivity index (χ4n) is 5.52. The second kappa shape index (κ2) is 12.1. The van der Waals surface area contributed by atoms with E-state index in [9.17, 15) is 14.7 Å². The van der Waals surface area contributed by atoms with Crippen molar-refractivity contribution in [2.45, 2.75) is 12.6 Å². The number of ether oxygens (including phenoxy) is 5. The third-order valence-corrected chi connectivity index (χ3v) is 8.81. The van der Waals surface area contributed by atoms with Gasteiger partial charge in [0.25, 0.3) is 5.78 Å². The highest BCUT2D eigenvalue weighted by Gasteiger charge is 2.48. The van der Waals surface area contributed by atoms with Gasteiger partial charge in [-0.2, -0.15) is 0 Å². The van der Waals surface area contributed by atoms with Crippen molar-refractivity contribution in [2.75, 3.05) is 32.3 Å². The molecule has 0 aliphatic carbocycles. The minimum atomic E-state index is -1.03. The molecule has 11 heteroatoms. The van der Waals surface area contributed by atoms with Gasteiger partial charge in [-0.1, -0.05) is 47.7 Å². The van der Waals surface area contributed by atoms with Crippen molar-refractivity contribution in [3.8, 4) is 28.7 Å². The number of rotatable bonds is 8. The van der Waals surface area contributed by atoms with Crippen LogP contribution in [0.2, 0.25) is 0 Å². The first kappa shape index (κ1) is 29.2. The Labute approximate surface area is 268 Å². The summed E-state index contributed by atoms with van der Waals surface area (Å²) in [6, 6.07) is 24.1. The van der Waals surface area contributed by atoms with Crippen LogP contribution in [0.15, 0.2) is 90.5 Å². The maximum absolute atomic E-state index is 13.8. The molecule has 1 amide bonds. The number of aliphatic hydroxyl groups excluding tert-OH is 1. The number of hydrogen-bond donors (Lipinski definition) is 1. The zero-order valence-corrected chi connectivity index (χ0v) is 25.7. The van der Waals surface area contributed by atoms with Crippen LogP contribution in [0, 0.1) is 0 Å². The van der Waals surface area contributed by atoms with E-state index in [1.807, 2.05) is 36.4 Å². The molecule has 0 spiro atoms. The van der Waals surface area contributed by atoms with Crippen LogP contribution in [0.1, 0.15) is 22.7 Å². The Hall–Kier alpha value is -5.55. The number of carbonyl (C=O) groups excluding carboxylic acids is 2. The summed E-state index contributed by atoms with van der Waals surface area (Å²) in [7, 11) is 3.09. The maximum Gasteiger partial charge on any atom is 0.301 e. The van der Waals surface area contributed by atoms with E-state index >= 15 is 0 Å².